The lowest BCUT2D eigenvalue weighted by Gasteiger charge is -2.28. The molecule has 0 spiro atoms. The molecule has 1 aliphatic rings. The van der Waals surface area contributed by atoms with Gasteiger partial charge in [-0.25, -0.2) is 0 Å². The SMILES string of the molecule is CCC1(CNC(=O)[C@@H](N)C(C)C)CCCC1. The van der Waals surface area contributed by atoms with Gasteiger partial charge in [-0.2, -0.15) is 0 Å². The molecular formula is C13H26N2O. The quantitative estimate of drug-likeness (QED) is 0.754. The molecule has 1 amide bonds. The molecule has 0 unspecified atom stereocenters. The highest BCUT2D eigenvalue weighted by Crippen LogP contribution is 2.40. The van der Waals surface area contributed by atoms with Gasteiger partial charge in [-0.1, -0.05) is 33.6 Å². The molecule has 3 nitrogen and oxygen atoms in total. The second kappa shape index (κ2) is 5.67. The Morgan fingerprint density at radius 1 is 1.38 bits per heavy atom. The average molecular weight is 226 g/mol. The number of carbonyl (C=O) groups is 1. The van der Waals surface area contributed by atoms with Crippen molar-refractivity contribution in [2.45, 2.75) is 58.9 Å². The van der Waals surface area contributed by atoms with Crippen LogP contribution in [0.15, 0.2) is 0 Å². The zero-order chi connectivity index (χ0) is 12.2. The van der Waals surface area contributed by atoms with Gasteiger partial charge in [0.2, 0.25) is 5.91 Å². The fraction of sp³-hybridized carbons (Fsp3) is 0.923. The Hall–Kier alpha value is -0.570. The average Bonchev–Trinajstić information content (AvgIpc) is 2.74. The van der Waals surface area contributed by atoms with Gasteiger partial charge in [0, 0.05) is 6.54 Å². The van der Waals surface area contributed by atoms with Crippen LogP contribution in [0, 0.1) is 11.3 Å². The fourth-order valence-electron chi connectivity index (χ4n) is 2.48. The molecule has 1 rings (SSSR count). The molecule has 1 saturated carbocycles. The van der Waals surface area contributed by atoms with E-state index in [1.165, 1.54) is 25.7 Å². The number of rotatable bonds is 5. The monoisotopic (exact) mass is 226 g/mol. The Labute approximate surface area is 99.2 Å². The first-order valence-electron chi connectivity index (χ1n) is 6.54. The van der Waals surface area contributed by atoms with Crippen LogP contribution in [0.25, 0.3) is 0 Å². The van der Waals surface area contributed by atoms with Gasteiger partial charge in [0.05, 0.1) is 6.04 Å². The van der Waals surface area contributed by atoms with Crippen LogP contribution in [0.4, 0.5) is 0 Å². The van der Waals surface area contributed by atoms with Crippen molar-refractivity contribution in [1.82, 2.24) is 5.32 Å². The van der Waals surface area contributed by atoms with E-state index in [1.807, 2.05) is 13.8 Å². The first-order valence-corrected chi connectivity index (χ1v) is 6.54. The minimum absolute atomic E-state index is 0.00900. The van der Waals surface area contributed by atoms with Crippen LogP contribution in [0.1, 0.15) is 52.9 Å². The molecule has 1 aliphatic carbocycles. The van der Waals surface area contributed by atoms with Crippen LogP contribution in [-0.2, 0) is 4.79 Å². The molecule has 3 N–H and O–H groups in total. The third-order valence-electron chi connectivity index (χ3n) is 4.07. The van der Waals surface area contributed by atoms with Gasteiger partial charge in [0.15, 0.2) is 0 Å². The van der Waals surface area contributed by atoms with Crippen LogP contribution in [0.2, 0.25) is 0 Å². The van der Waals surface area contributed by atoms with E-state index in [9.17, 15) is 4.79 Å². The van der Waals surface area contributed by atoms with E-state index in [0.717, 1.165) is 13.0 Å². The first-order chi connectivity index (χ1) is 7.51. The van der Waals surface area contributed by atoms with E-state index in [4.69, 9.17) is 5.73 Å². The van der Waals surface area contributed by atoms with Crippen LogP contribution in [0.3, 0.4) is 0 Å². The summed E-state index contributed by atoms with van der Waals surface area (Å²) in [6.07, 6.45) is 6.27. The maximum absolute atomic E-state index is 11.8. The van der Waals surface area contributed by atoms with Crippen molar-refractivity contribution in [3.05, 3.63) is 0 Å². The number of hydrogen-bond donors (Lipinski definition) is 2. The highest BCUT2D eigenvalue weighted by atomic mass is 16.2. The van der Waals surface area contributed by atoms with Crippen LogP contribution >= 0.6 is 0 Å². The summed E-state index contributed by atoms with van der Waals surface area (Å²) in [5.74, 6) is 0.218. The van der Waals surface area contributed by atoms with E-state index in [1.54, 1.807) is 0 Å². The summed E-state index contributed by atoms with van der Waals surface area (Å²) in [5.41, 5.74) is 6.17. The van der Waals surface area contributed by atoms with Crippen molar-refractivity contribution in [2.75, 3.05) is 6.54 Å². The first kappa shape index (κ1) is 13.5. The summed E-state index contributed by atoms with van der Waals surface area (Å²) in [5, 5.41) is 3.03. The van der Waals surface area contributed by atoms with E-state index in [-0.39, 0.29) is 17.9 Å². The number of nitrogens with two attached hydrogens (primary N) is 1. The molecule has 1 fully saturated rings. The van der Waals surface area contributed by atoms with Gasteiger partial charge in [0.25, 0.3) is 0 Å². The predicted molar refractivity (Wildman–Crippen MR) is 67.0 cm³/mol. The Morgan fingerprint density at radius 2 is 1.94 bits per heavy atom. The standard InChI is InChI=1S/C13H26N2O/c1-4-13(7-5-6-8-13)9-15-12(16)11(14)10(2)3/h10-11H,4-9,14H2,1-3H3,(H,15,16)/t11-/m0/s1. The van der Waals surface area contributed by atoms with Crippen molar-refractivity contribution in [3.8, 4) is 0 Å². The zero-order valence-electron chi connectivity index (χ0n) is 10.9. The van der Waals surface area contributed by atoms with Crippen molar-refractivity contribution >= 4 is 5.91 Å². The summed E-state index contributed by atoms with van der Waals surface area (Å²) in [4.78, 5) is 11.8. The molecule has 3 heteroatoms. The van der Waals surface area contributed by atoms with Crippen molar-refractivity contribution in [2.24, 2.45) is 17.1 Å². The Kier molecular flexibility index (Phi) is 4.78. The molecule has 16 heavy (non-hydrogen) atoms. The third kappa shape index (κ3) is 3.21. The minimum Gasteiger partial charge on any atom is -0.354 e. The lowest BCUT2D eigenvalue weighted by molar-refractivity contribution is -0.123. The second-order valence-corrected chi connectivity index (χ2v) is 5.55. The second-order valence-electron chi connectivity index (χ2n) is 5.55. The number of nitrogens with one attached hydrogen (secondary N) is 1. The molecule has 0 aromatic heterocycles. The molecule has 0 heterocycles. The van der Waals surface area contributed by atoms with Gasteiger partial charge in [0.1, 0.15) is 0 Å². The zero-order valence-corrected chi connectivity index (χ0v) is 10.9. The Bertz CT molecular complexity index is 232. The number of hydrogen-bond acceptors (Lipinski definition) is 2. The van der Waals surface area contributed by atoms with E-state index in [2.05, 4.69) is 12.2 Å². The van der Waals surface area contributed by atoms with Crippen molar-refractivity contribution in [3.63, 3.8) is 0 Å². The molecule has 0 aromatic carbocycles. The summed E-state index contributed by atoms with van der Waals surface area (Å²) < 4.78 is 0. The van der Waals surface area contributed by atoms with Gasteiger partial charge < -0.3 is 11.1 Å². The normalized spacial score (nSPS) is 21.1. The molecule has 94 valence electrons. The molecule has 0 radical (unpaired) electrons. The van der Waals surface area contributed by atoms with Gasteiger partial charge in [-0.05, 0) is 30.6 Å². The molecule has 0 saturated heterocycles. The van der Waals surface area contributed by atoms with E-state index in [0.29, 0.717) is 5.41 Å². The van der Waals surface area contributed by atoms with Crippen molar-refractivity contribution in [1.29, 1.82) is 0 Å². The summed E-state index contributed by atoms with van der Waals surface area (Å²) in [6.45, 7) is 6.99. The largest absolute Gasteiger partial charge is 0.354 e. The summed E-state index contributed by atoms with van der Waals surface area (Å²) in [7, 11) is 0. The predicted octanol–water partition coefficient (Wildman–Crippen LogP) is 2.06. The maximum atomic E-state index is 11.8. The summed E-state index contributed by atoms with van der Waals surface area (Å²) in [6, 6.07) is -0.365. The molecular weight excluding hydrogens is 200 g/mol. The Balaban J connectivity index is 2.41. The molecule has 0 bridgehead atoms. The smallest absolute Gasteiger partial charge is 0.237 e. The third-order valence-corrected chi connectivity index (χ3v) is 4.07. The van der Waals surface area contributed by atoms with Crippen LogP contribution in [0.5, 0.6) is 0 Å². The van der Waals surface area contributed by atoms with E-state index < -0.39 is 0 Å². The highest BCUT2D eigenvalue weighted by Gasteiger charge is 2.32. The fourth-order valence-corrected chi connectivity index (χ4v) is 2.48. The van der Waals surface area contributed by atoms with Gasteiger partial charge in [-0.15, -0.1) is 0 Å². The lowest BCUT2D eigenvalue weighted by Crippen LogP contribution is -2.47. The number of amides is 1. The van der Waals surface area contributed by atoms with Crippen molar-refractivity contribution < 1.29 is 4.79 Å². The lowest BCUT2D eigenvalue weighted by atomic mass is 9.83. The van der Waals surface area contributed by atoms with Gasteiger partial charge >= 0.3 is 0 Å². The number of carbonyl (C=O) groups excluding carboxylic acids is 1. The maximum Gasteiger partial charge on any atom is 0.237 e. The molecule has 1 atom stereocenters. The van der Waals surface area contributed by atoms with Gasteiger partial charge in [-0.3, -0.25) is 4.79 Å². The van der Waals surface area contributed by atoms with Crippen LogP contribution in [-0.4, -0.2) is 18.5 Å². The molecule has 0 aliphatic heterocycles. The van der Waals surface area contributed by atoms with E-state index >= 15 is 0 Å². The Morgan fingerprint density at radius 3 is 2.38 bits per heavy atom. The minimum atomic E-state index is -0.365. The summed E-state index contributed by atoms with van der Waals surface area (Å²) >= 11 is 0. The topological polar surface area (TPSA) is 55.1 Å². The highest BCUT2D eigenvalue weighted by molar-refractivity contribution is 5.81. The van der Waals surface area contributed by atoms with Crippen LogP contribution < -0.4 is 11.1 Å². The molecule has 0 aromatic rings.